The fourth-order valence-electron chi connectivity index (χ4n) is 3.09. The van der Waals surface area contributed by atoms with Crippen molar-refractivity contribution in [1.29, 1.82) is 0 Å². The molecular formula is C18H25N5. The fourth-order valence-corrected chi connectivity index (χ4v) is 3.09. The minimum Gasteiger partial charge on any atom is -0.369 e. The van der Waals surface area contributed by atoms with Gasteiger partial charge in [0.25, 0.3) is 0 Å². The molecule has 0 fully saturated rings. The zero-order valence-corrected chi connectivity index (χ0v) is 14.4. The summed E-state index contributed by atoms with van der Waals surface area (Å²) in [5.74, 6) is 2.67. The average Bonchev–Trinajstić information content (AvgIpc) is 2.82. The minimum atomic E-state index is 0.413. The Labute approximate surface area is 138 Å². The molecule has 1 aliphatic heterocycles. The maximum atomic E-state index is 4.67. The highest BCUT2D eigenvalue weighted by molar-refractivity contribution is 5.70. The smallest absolute Gasteiger partial charge is 0.139 e. The Balaban J connectivity index is 1.86. The largest absolute Gasteiger partial charge is 0.369 e. The van der Waals surface area contributed by atoms with Crippen LogP contribution in [0, 0.1) is 6.92 Å². The van der Waals surface area contributed by atoms with E-state index in [1.54, 1.807) is 0 Å². The van der Waals surface area contributed by atoms with Gasteiger partial charge in [-0.1, -0.05) is 18.2 Å². The van der Waals surface area contributed by atoms with Gasteiger partial charge in [0.05, 0.1) is 0 Å². The van der Waals surface area contributed by atoms with Crippen molar-refractivity contribution >= 4 is 17.3 Å². The van der Waals surface area contributed by atoms with E-state index in [4.69, 9.17) is 0 Å². The average molecular weight is 311 g/mol. The number of hydrogen-bond donors (Lipinski definition) is 1. The highest BCUT2D eigenvalue weighted by Gasteiger charge is 2.28. The lowest BCUT2D eigenvalue weighted by Crippen LogP contribution is -2.26. The summed E-state index contributed by atoms with van der Waals surface area (Å²) in [6.07, 6.45) is 1.06. The van der Waals surface area contributed by atoms with Gasteiger partial charge in [0, 0.05) is 30.9 Å². The van der Waals surface area contributed by atoms with Crippen LogP contribution in [0.4, 0.5) is 17.3 Å². The summed E-state index contributed by atoms with van der Waals surface area (Å²) in [6, 6.07) is 11.0. The molecule has 122 valence electrons. The number of aromatic nitrogens is 2. The molecule has 0 amide bonds. The van der Waals surface area contributed by atoms with Gasteiger partial charge in [0.1, 0.15) is 17.5 Å². The first-order valence-corrected chi connectivity index (χ1v) is 8.16. The zero-order valence-electron chi connectivity index (χ0n) is 14.4. The molecule has 0 saturated heterocycles. The predicted molar refractivity (Wildman–Crippen MR) is 95.6 cm³/mol. The number of hydrogen-bond acceptors (Lipinski definition) is 5. The van der Waals surface area contributed by atoms with Crippen molar-refractivity contribution in [2.75, 3.05) is 37.4 Å². The van der Waals surface area contributed by atoms with E-state index >= 15 is 0 Å². The Morgan fingerprint density at radius 2 is 2.04 bits per heavy atom. The Bertz CT molecular complexity index is 683. The van der Waals surface area contributed by atoms with Gasteiger partial charge < -0.3 is 15.1 Å². The number of benzene rings is 1. The summed E-state index contributed by atoms with van der Waals surface area (Å²) in [4.78, 5) is 13.7. The number of nitrogens with one attached hydrogen (secondary N) is 1. The topological polar surface area (TPSA) is 44.3 Å². The third-order valence-electron chi connectivity index (χ3n) is 4.14. The molecule has 23 heavy (non-hydrogen) atoms. The van der Waals surface area contributed by atoms with E-state index in [0.717, 1.165) is 37.0 Å². The van der Waals surface area contributed by atoms with E-state index in [1.807, 2.05) is 6.92 Å². The van der Waals surface area contributed by atoms with Gasteiger partial charge in [-0.2, -0.15) is 0 Å². The molecule has 1 atom stereocenters. The Morgan fingerprint density at radius 1 is 1.26 bits per heavy atom. The molecule has 1 aliphatic rings. The van der Waals surface area contributed by atoms with Gasteiger partial charge in [-0.05, 0) is 46.0 Å². The van der Waals surface area contributed by atoms with Crippen molar-refractivity contribution in [3.63, 3.8) is 0 Å². The van der Waals surface area contributed by atoms with Gasteiger partial charge in [-0.25, -0.2) is 9.97 Å². The first kappa shape index (κ1) is 15.7. The molecule has 5 heteroatoms. The highest BCUT2D eigenvalue weighted by atomic mass is 15.2. The standard InChI is InChI=1S/C18H25N5/c1-13-11-15-7-5-6-8-16(15)23(13)18-12-17(20-14(2)21-18)19-9-10-22(3)4/h5-8,12-13H,9-11H2,1-4H3,(H,19,20,21). The van der Waals surface area contributed by atoms with Crippen LogP contribution in [0.15, 0.2) is 30.3 Å². The van der Waals surface area contributed by atoms with Crippen molar-refractivity contribution in [1.82, 2.24) is 14.9 Å². The molecular weight excluding hydrogens is 286 g/mol. The summed E-state index contributed by atoms with van der Waals surface area (Å²) in [6.45, 7) is 6.04. The highest BCUT2D eigenvalue weighted by Crippen LogP contribution is 2.37. The molecule has 0 bridgehead atoms. The third-order valence-corrected chi connectivity index (χ3v) is 4.14. The number of fused-ring (bicyclic) bond motifs is 1. The molecule has 0 saturated carbocycles. The lowest BCUT2D eigenvalue weighted by atomic mass is 10.1. The van der Waals surface area contributed by atoms with E-state index in [9.17, 15) is 0 Å². The van der Waals surface area contributed by atoms with Crippen LogP contribution in [0.1, 0.15) is 18.3 Å². The van der Waals surface area contributed by atoms with Crippen LogP contribution < -0.4 is 10.2 Å². The number of aryl methyl sites for hydroxylation is 1. The Hall–Kier alpha value is -2.14. The van der Waals surface area contributed by atoms with Crippen LogP contribution in [0.3, 0.4) is 0 Å². The second-order valence-electron chi connectivity index (χ2n) is 6.44. The van der Waals surface area contributed by atoms with E-state index in [0.29, 0.717) is 6.04 Å². The van der Waals surface area contributed by atoms with E-state index in [-0.39, 0.29) is 0 Å². The number of anilines is 3. The van der Waals surface area contributed by atoms with Crippen LogP contribution in [0.2, 0.25) is 0 Å². The normalized spacial score (nSPS) is 16.7. The maximum Gasteiger partial charge on any atom is 0.139 e. The molecule has 1 aromatic carbocycles. The third kappa shape index (κ3) is 3.45. The first-order valence-electron chi connectivity index (χ1n) is 8.16. The molecule has 0 aliphatic carbocycles. The molecule has 1 aromatic heterocycles. The SMILES string of the molecule is Cc1nc(NCCN(C)C)cc(N2c3ccccc3CC2C)n1. The molecule has 3 rings (SSSR count). The van der Waals surface area contributed by atoms with Gasteiger partial charge in [0.15, 0.2) is 0 Å². The summed E-state index contributed by atoms with van der Waals surface area (Å²) < 4.78 is 0. The van der Waals surface area contributed by atoms with Gasteiger partial charge in [-0.3, -0.25) is 0 Å². The molecule has 5 nitrogen and oxygen atoms in total. The van der Waals surface area contributed by atoms with Crippen molar-refractivity contribution < 1.29 is 0 Å². The second kappa shape index (κ2) is 6.54. The van der Waals surface area contributed by atoms with Crippen molar-refractivity contribution in [2.45, 2.75) is 26.3 Å². The summed E-state index contributed by atoms with van der Waals surface area (Å²) in [5, 5.41) is 3.40. The Morgan fingerprint density at radius 3 is 2.83 bits per heavy atom. The maximum absolute atomic E-state index is 4.67. The van der Waals surface area contributed by atoms with Crippen molar-refractivity contribution in [3.8, 4) is 0 Å². The lowest BCUT2D eigenvalue weighted by Gasteiger charge is -2.24. The fraction of sp³-hybridized carbons (Fsp3) is 0.444. The summed E-state index contributed by atoms with van der Waals surface area (Å²) in [5.41, 5.74) is 2.65. The predicted octanol–water partition coefficient (Wildman–Crippen LogP) is 2.84. The van der Waals surface area contributed by atoms with E-state index in [2.05, 4.69) is 76.4 Å². The summed E-state index contributed by atoms with van der Waals surface area (Å²) >= 11 is 0. The van der Waals surface area contributed by atoms with Gasteiger partial charge in [0.2, 0.25) is 0 Å². The molecule has 0 radical (unpaired) electrons. The second-order valence-corrected chi connectivity index (χ2v) is 6.44. The minimum absolute atomic E-state index is 0.413. The molecule has 2 aromatic rings. The molecule has 1 unspecified atom stereocenters. The zero-order chi connectivity index (χ0) is 16.4. The van der Waals surface area contributed by atoms with Crippen LogP contribution in [-0.2, 0) is 6.42 Å². The van der Waals surface area contributed by atoms with Crippen LogP contribution in [0.25, 0.3) is 0 Å². The first-order chi connectivity index (χ1) is 11.0. The van der Waals surface area contributed by atoms with Crippen molar-refractivity contribution in [3.05, 3.63) is 41.7 Å². The number of nitrogens with zero attached hydrogens (tertiary/aromatic N) is 4. The lowest BCUT2D eigenvalue weighted by molar-refractivity contribution is 0.425. The van der Waals surface area contributed by atoms with Crippen molar-refractivity contribution in [2.24, 2.45) is 0 Å². The van der Waals surface area contributed by atoms with Crippen LogP contribution in [-0.4, -0.2) is 48.1 Å². The number of para-hydroxylation sites is 1. The molecule has 0 spiro atoms. The van der Waals surface area contributed by atoms with Crippen LogP contribution >= 0.6 is 0 Å². The number of rotatable bonds is 5. The monoisotopic (exact) mass is 311 g/mol. The van der Waals surface area contributed by atoms with E-state index in [1.165, 1.54) is 11.3 Å². The van der Waals surface area contributed by atoms with E-state index < -0.39 is 0 Å². The van der Waals surface area contributed by atoms with Crippen LogP contribution in [0.5, 0.6) is 0 Å². The van der Waals surface area contributed by atoms with Gasteiger partial charge in [-0.15, -0.1) is 0 Å². The Kier molecular flexibility index (Phi) is 4.48. The molecule has 2 heterocycles. The molecule has 1 N–H and O–H groups in total. The quantitative estimate of drug-likeness (QED) is 0.920. The van der Waals surface area contributed by atoms with Gasteiger partial charge >= 0.3 is 0 Å². The summed E-state index contributed by atoms with van der Waals surface area (Å²) in [7, 11) is 4.14. The number of likely N-dealkylation sites (N-methyl/N-ethyl adjacent to an activating group) is 1.